The molecule has 1 atom stereocenters. The Kier molecular flexibility index (Phi) is 8.92. The summed E-state index contributed by atoms with van der Waals surface area (Å²) in [6.45, 7) is 6.67. The van der Waals surface area contributed by atoms with Crippen LogP contribution in [0.25, 0.3) is 0 Å². The minimum atomic E-state index is -3.39. The van der Waals surface area contributed by atoms with E-state index in [1.807, 2.05) is 0 Å². The van der Waals surface area contributed by atoms with Crippen molar-refractivity contribution < 1.29 is 13.2 Å². The number of sulfonamides is 1. The van der Waals surface area contributed by atoms with Crippen LogP contribution in [-0.4, -0.2) is 51.6 Å². The van der Waals surface area contributed by atoms with Gasteiger partial charge in [-0.1, -0.05) is 37.5 Å². The van der Waals surface area contributed by atoms with Crippen molar-refractivity contribution in [2.24, 2.45) is 5.92 Å². The molecule has 31 heavy (non-hydrogen) atoms. The Morgan fingerprint density at radius 2 is 1.84 bits per heavy atom. The Bertz CT molecular complexity index is 820. The molecule has 8 heteroatoms. The number of nitrogens with one attached hydrogen (secondary N) is 3. The molecular formula is C23H36N4O3S. The lowest BCUT2D eigenvalue weighted by Crippen LogP contribution is -2.43. The van der Waals surface area contributed by atoms with Gasteiger partial charge in [-0.25, -0.2) is 17.9 Å². The molecule has 3 rings (SSSR count). The van der Waals surface area contributed by atoms with Gasteiger partial charge < -0.3 is 10.6 Å². The molecule has 2 fully saturated rings. The summed E-state index contributed by atoms with van der Waals surface area (Å²) < 4.78 is 26.3. The van der Waals surface area contributed by atoms with Crippen molar-refractivity contribution in [2.45, 2.75) is 56.7 Å². The topological polar surface area (TPSA) is 90.5 Å². The second kappa shape index (κ2) is 11.6. The Balaban J connectivity index is 1.42. The summed E-state index contributed by atoms with van der Waals surface area (Å²) in [5.41, 5.74) is 1.30. The Morgan fingerprint density at radius 1 is 1.10 bits per heavy atom. The standard InChI is InChI=1S/C23H36N4O3S/c1-2-14-25-31(29,30)18-20-10-12-21(13-11-20)26-23(28)24-16-22-9-6-15-27(22)17-19-7-4-3-5-8-19/h2,10-13,19,22,25H,1,3-9,14-18H2,(H2,24,26,28). The van der Waals surface area contributed by atoms with Crippen molar-refractivity contribution in [3.05, 3.63) is 42.5 Å². The first kappa shape index (κ1) is 23.8. The molecule has 1 aliphatic carbocycles. The molecule has 0 aromatic heterocycles. The second-order valence-electron chi connectivity index (χ2n) is 8.72. The van der Waals surface area contributed by atoms with E-state index in [9.17, 15) is 13.2 Å². The number of carbonyl (C=O) groups excluding carboxylic acids is 1. The van der Waals surface area contributed by atoms with Gasteiger partial charge in [-0.15, -0.1) is 6.58 Å². The third-order valence-electron chi connectivity index (χ3n) is 6.23. The summed E-state index contributed by atoms with van der Waals surface area (Å²) in [4.78, 5) is 14.9. The molecule has 0 spiro atoms. The Labute approximate surface area is 186 Å². The normalized spacial score (nSPS) is 20.5. The largest absolute Gasteiger partial charge is 0.336 e. The van der Waals surface area contributed by atoms with Crippen LogP contribution in [-0.2, 0) is 15.8 Å². The van der Waals surface area contributed by atoms with E-state index in [1.54, 1.807) is 24.3 Å². The van der Waals surface area contributed by atoms with Crippen LogP contribution in [0.1, 0.15) is 50.5 Å². The molecule has 1 saturated heterocycles. The minimum absolute atomic E-state index is 0.105. The van der Waals surface area contributed by atoms with Crippen LogP contribution in [0, 0.1) is 5.92 Å². The number of nitrogens with zero attached hydrogens (tertiary/aromatic N) is 1. The highest BCUT2D eigenvalue weighted by Gasteiger charge is 2.27. The summed E-state index contributed by atoms with van der Waals surface area (Å²) in [5, 5.41) is 5.85. The van der Waals surface area contributed by atoms with E-state index in [0.717, 1.165) is 18.9 Å². The lowest BCUT2D eigenvalue weighted by atomic mass is 9.89. The fraction of sp³-hybridized carbons (Fsp3) is 0.609. The number of likely N-dealkylation sites (tertiary alicyclic amines) is 1. The zero-order chi connectivity index (χ0) is 22.1. The fourth-order valence-corrected chi connectivity index (χ4v) is 5.70. The zero-order valence-electron chi connectivity index (χ0n) is 18.3. The van der Waals surface area contributed by atoms with Gasteiger partial charge in [0.25, 0.3) is 0 Å². The molecule has 0 radical (unpaired) electrons. The van der Waals surface area contributed by atoms with Crippen LogP contribution in [0.15, 0.2) is 36.9 Å². The van der Waals surface area contributed by atoms with Crippen LogP contribution in [0.3, 0.4) is 0 Å². The van der Waals surface area contributed by atoms with E-state index in [0.29, 0.717) is 23.8 Å². The van der Waals surface area contributed by atoms with Gasteiger partial charge in [-0.2, -0.15) is 0 Å². The molecule has 1 heterocycles. The van der Waals surface area contributed by atoms with E-state index >= 15 is 0 Å². The first-order valence-electron chi connectivity index (χ1n) is 11.4. The van der Waals surface area contributed by atoms with Crippen LogP contribution in [0.4, 0.5) is 10.5 Å². The number of hydrogen-bond donors (Lipinski definition) is 3. The predicted molar refractivity (Wildman–Crippen MR) is 125 cm³/mol. The van der Waals surface area contributed by atoms with Gasteiger partial charge in [-0.3, -0.25) is 4.90 Å². The molecule has 172 valence electrons. The van der Waals surface area contributed by atoms with Crippen LogP contribution < -0.4 is 15.4 Å². The second-order valence-corrected chi connectivity index (χ2v) is 10.5. The molecule has 1 aromatic carbocycles. The zero-order valence-corrected chi connectivity index (χ0v) is 19.1. The van der Waals surface area contributed by atoms with Crippen LogP contribution in [0.5, 0.6) is 0 Å². The average Bonchev–Trinajstić information content (AvgIpc) is 3.20. The summed E-state index contributed by atoms with van der Waals surface area (Å²) >= 11 is 0. The van der Waals surface area contributed by atoms with Crippen molar-refractivity contribution in [1.82, 2.24) is 14.9 Å². The molecule has 1 aliphatic heterocycles. The molecule has 2 amide bonds. The van der Waals surface area contributed by atoms with E-state index < -0.39 is 10.0 Å². The van der Waals surface area contributed by atoms with Gasteiger partial charge in [0, 0.05) is 31.4 Å². The quantitative estimate of drug-likeness (QED) is 0.478. The first-order valence-corrected chi connectivity index (χ1v) is 13.1. The molecule has 3 N–H and O–H groups in total. The molecule has 1 saturated carbocycles. The molecule has 2 aliphatic rings. The number of rotatable bonds is 10. The van der Waals surface area contributed by atoms with E-state index in [4.69, 9.17) is 0 Å². The lowest BCUT2D eigenvalue weighted by molar-refractivity contribution is 0.185. The lowest BCUT2D eigenvalue weighted by Gasteiger charge is -2.31. The molecule has 0 bridgehead atoms. The summed E-state index contributed by atoms with van der Waals surface area (Å²) in [6.07, 6.45) is 10.6. The van der Waals surface area contributed by atoms with E-state index in [1.165, 1.54) is 51.1 Å². The van der Waals surface area contributed by atoms with Crippen molar-refractivity contribution in [3.63, 3.8) is 0 Å². The predicted octanol–water partition coefficient (Wildman–Crippen LogP) is 3.46. The average molecular weight is 449 g/mol. The SMILES string of the molecule is C=CCNS(=O)(=O)Cc1ccc(NC(=O)NCC2CCCN2CC2CCCCC2)cc1. The highest BCUT2D eigenvalue weighted by atomic mass is 32.2. The third-order valence-corrected chi connectivity index (χ3v) is 7.55. The van der Waals surface area contributed by atoms with E-state index in [2.05, 4.69) is 26.8 Å². The van der Waals surface area contributed by atoms with Crippen LogP contribution >= 0.6 is 0 Å². The van der Waals surface area contributed by atoms with Crippen molar-refractivity contribution in [2.75, 3.05) is 31.5 Å². The third kappa shape index (κ3) is 7.94. The monoisotopic (exact) mass is 448 g/mol. The smallest absolute Gasteiger partial charge is 0.319 e. The van der Waals surface area contributed by atoms with Crippen molar-refractivity contribution in [3.8, 4) is 0 Å². The fourth-order valence-electron chi connectivity index (χ4n) is 4.59. The van der Waals surface area contributed by atoms with Gasteiger partial charge in [-0.05, 0) is 55.8 Å². The Morgan fingerprint density at radius 3 is 2.55 bits per heavy atom. The molecule has 1 unspecified atom stereocenters. The van der Waals surface area contributed by atoms with Gasteiger partial charge >= 0.3 is 6.03 Å². The maximum absolute atomic E-state index is 12.3. The maximum atomic E-state index is 12.3. The number of anilines is 1. The van der Waals surface area contributed by atoms with Gasteiger partial charge in [0.2, 0.25) is 10.0 Å². The highest BCUT2D eigenvalue weighted by Crippen LogP contribution is 2.27. The van der Waals surface area contributed by atoms with Gasteiger partial charge in [0.15, 0.2) is 0 Å². The van der Waals surface area contributed by atoms with Crippen molar-refractivity contribution in [1.29, 1.82) is 0 Å². The number of hydrogen-bond acceptors (Lipinski definition) is 4. The summed E-state index contributed by atoms with van der Waals surface area (Å²) in [6, 6.07) is 7.07. The summed E-state index contributed by atoms with van der Waals surface area (Å²) in [7, 11) is -3.39. The minimum Gasteiger partial charge on any atom is -0.336 e. The van der Waals surface area contributed by atoms with Crippen LogP contribution in [0.2, 0.25) is 0 Å². The number of urea groups is 1. The Hall–Kier alpha value is -1.90. The van der Waals surface area contributed by atoms with Gasteiger partial charge in [0.1, 0.15) is 0 Å². The molecular weight excluding hydrogens is 412 g/mol. The van der Waals surface area contributed by atoms with Gasteiger partial charge in [0.05, 0.1) is 5.75 Å². The molecule has 7 nitrogen and oxygen atoms in total. The summed E-state index contributed by atoms with van der Waals surface area (Å²) in [5.74, 6) is 0.712. The number of benzene rings is 1. The number of carbonyl (C=O) groups is 1. The molecule has 1 aromatic rings. The van der Waals surface area contributed by atoms with E-state index in [-0.39, 0.29) is 18.3 Å². The first-order chi connectivity index (χ1) is 14.9. The number of amides is 2. The maximum Gasteiger partial charge on any atom is 0.319 e. The highest BCUT2D eigenvalue weighted by molar-refractivity contribution is 7.88. The van der Waals surface area contributed by atoms with Crippen molar-refractivity contribution >= 4 is 21.7 Å².